The molecule has 78 valence electrons. The fourth-order valence-corrected chi connectivity index (χ4v) is 1.62. The fourth-order valence-electron chi connectivity index (χ4n) is 1.35. The molecule has 0 amide bonds. The van der Waals surface area contributed by atoms with E-state index in [0.717, 1.165) is 4.47 Å². The van der Waals surface area contributed by atoms with Crippen LogP contribution in [0.15, 0.2) is 28.7 Å². The van der Waals surface area contributed by atoms with Crippen LogP contribution in [0.2, 0.25) is 0 Å². The highest BCUT2D eigenvalue weighted by Gasteiger charge is 2.38. The van der Waals surface area contributed by atoms with E-state index in [0.29, 0.717) is 5.56 Å². The van der Waals surface area contributed by atoms with Crippen molar-refractivity contribution in [3.05, 3.63) is 34.3 Å². The van der Waals surface area contributed by atoms with Crippen LogP contribution in [0.25, 0.3) is 0 Å². The van der Waals surface area contributed by atoms with Gasteiger partial charge in [-0.3, -0.25) is 0 Å². The Labute approximate surface area is 89.3 Å². The van der Waals surface area contributed by atoms with Gasteiger partial charge >= 0.3 is 6.18 Å². The highest BCUT2D eigenvalue weighted by Crippen LogP contribution is 2.37. The van der Waals surface area contributed by atoms with Gasteiger partial charge in [0.05, 0.1) is 5.92 Å². The van der Waals surface area contributed by atoms with Gasteiger partial charge in [0.1, 0.15) is 0 Å². The predicted octanol–water partition coefficient (Wildman–Crippen LogP) is 4.51. The maximum atomic E-state index is 12.5. The minimum atomic E-state index is -4.15. The van der Waals surface area contributed by atoms with Gasteiger partial charge in [-0.2, -0.15) is 13.2 Å². The van der Waals surface area contributed by atoms with Gasteiger partial charge in [-0.25, -0.2) is 0 Å². The van der Waals surface area contributed by atoms with Crippen molar-refractivity contribution in [1.29, 1.82) is 0 Å². The first-order chi connectivity index (χ1) is 6.45. The third-order valence-electron chi connectivity index (χ3n) is 2.08. The molecule has 0 N–H and O–H groups in total. The molecule has 0 bridgehead atoms. The summed E-state index contributed by atoms with van der Waals surface area (Å²) in [4.78, 5) is 0. The number of hydrogen-bond donors (Lipinski definition) is 0. The zero-order chi connectivity index (χ0) is 10.8. The molecule has 0 aliphatic heterocycles. The zero-order valence-corrected chi connectivity index (χ0v) is 9.19. The Morgan fingerprint density at radius 1 is 1.21 bits per heavy atom. The van der Waals surface area contributed by atoms with Crippen molar-refractivity contribution < 1.29 is 13.2 Å². The Bertz CT molecular complexity index is 289. The Morgan fingerprint density at radius 2 is 1.71 bits per heavy atom. The van der Waals surface area contributed by atoms with Crippen molar-refractivity contribution >= 4 is 15.9 Å². The van der Waals surface area contributed by atoms with E-state index in [-0.39, 0.29) is 6.42 Å². The number of benzene rings is 1. The first-order valence-corrected chi connectivity index (χ1v) is 5.06. The Kier molecular flexibility index (Phi) is 3.59. The van der Waals surface area contributed by atoms with Crippen LogP contribution < -0.4 is 0 Å². The standard InChI is InChI=1S/C10H10BrF3/c1-2-9(10(12,13)14)7-3-5-8(11)6-4-7/h3-6,9H,2H2,1H3/t9-/m0/s1. The molecule has 1 aromatic carbocycles. The van der Waals surface area contributed by atoms with Crippen molar-refractivity contribution in [3.63, 3.8) is 0 Å². The summed E-state index contributed by atoms with van der Waals surface area (Å²) in [6.45, 7) is 1.54. The average molecular weight is 267 g/mol. The van der Waals surface area contributed by atoms with Gasteiger partial charge < -0.3 is 0 Å². The second kappa shape index (κ2) is 4.34. The van der Waals surface area contributed by atoms with Gasteiger partial charge in [0, 0.05) is 4.47 Å². The largest absolute Gasteiger partial charge is 0.395 e. The molecule has 1 atom stereocenters. The molecular weight excluding hydrogens is 257 g/mol. The van der Waals surface area contributed by atoms with Crippen LogP contribution in [0.5, 0.6) is 0 Å². The second-order valence-corrected chi connectivity index (χ2v) is 3.97. The molecule has 0 fully saturated rings. The van der Waals surface area contributed by atoms with E-state index in [2.05, 4.69) is 15.9 Å². The molecule has 0 nitrogen and oxygen atoms in total. The molecule has 0 saturated carbocycles. The molecule has 0 aliphatic carbocycles. The van der Waals surface area contributed by atoms with Gasteiger partial charge in [-0.1, -0.05) is 35.0 Å². The molecule has 4 heteroatoms. The second-order valence-electron chi connectivity index (χ2n) is 3.05. The Morgan fingerprint density at radius 3 is 2.07 bits per heavy atom. The van der Waals surface area contributed by atoms with Crippen molar-refractivity contribution in [2.75, 3.05) is 0 Å². The van der Waals surface area contributed by atoms with Gasteiger partial charge in [0.25, 0.3) is 0 Å². The summed E-state index contributed by atoms with van der Waals surface area (Å²) >= 11 is 3.19. The summed E-state index contributed by atoms with van der Waals surface area (Å²) < 4.78 is 38.3. The molecule has 0 spiro atoms. The maximum absolute atomic E-state index is 12.5. The van der Waals surface area contributed by atoms with Gasteiger partial charge in [-0.15, -0.1) is 0 Å². The van der Waals surface area contributed by atoms with E-state index >= 15 is 0 Å². The number of rotatable bonds is 2. The SMILES string of the molecule is CC[C@@H](c1ccc(Br)cc1)C(F)(F)F. The lowest BCUT2D eigenvalue weighted by molar-refractivity contribution is -0.151. The van der Waals surface area contributed by atoms with E-state index in [9.17, 15) is 13.2 Å². The first kappa shape index (κ1) is 11.6. The molecule has 0 aliphatic rings. The maximum Gasteiger partial charge on any atom is 0.395 e. The molecule has 0 heterocycles. The monoisotopic (exact) mass is 266 g/mol. The number of hydrogen-bond acceptors (Lipinski definition) is 0. The van der Waals surface area contributed by atoms with Crippen molar-refractivity contribution in [2.45, 2.75) is 25.4 Å². The Balaban J connectivity index is 2.96. The predicted molar refractivity (Wildman–Crippen MR) is 53.2 cm³/mol. The minimum Gasteiger partial charge on any atom is -0.170 e. The molecular formula is C10H10BrF3. The summed E-state index contributed by atoms with van der Waals surface area (Å²) in [5, 5.41) is 0. The number of alkyl halides is 3. The molecule has 1 aromatic rings. The van der Waals surface area contributed by atoms with E-state index in [1.807, 2.05) is 0 Å². The Hall–Kier alpha value is -0.510. The lowest BCUT2D eigenvalue weighted by Crippen LogP contribution is -2.19. The van der Waals surface area contributed by atoms with Crippen LogP contribution in [0.3, 0.4) is 0 Å². The van der Waals surface area contributed by atoms with Gasteiger partial charge in [0.15, 0.2) is 0 Å². The van der Waals surface area contributed by atoms with Gasteiger partial charge in [0.2, 0.25) is 0 Å². The lowest BCUT2D eigenvalue weighted by Gasteiger charge is -2.18. The summed E-state index contributed by atoms with van der Waals surface area (Å²) in [6.07, 6.45) is -4.08. The lowest BCUT2D eigenvalue weighted by atomic mass is 9.96. The quantitative estimate of drug-likeness (QED) is 0.739. The van der Waals surface area contributed by atoms with E-state index in [1.54, 1.807) is 19.1 Å². The van der Waals surface area contributed by atoms with Crippen LogP contribution in [0, 0.1) is 0 Å². The molecule has 0 unspecified atom stereocenters. The molecule has 0 saturated heterocycles. The average Bonchev–Trinajstić information content (AvgIpc) is 2.07. The molecule has 14 heavy (non-hydrogen) atoms. The normalized spacial score (nSPS) is 14.1. The highest BCUT2D eigenvalue weighted by molar-refractivity contribution is 9.10. The van der Waals surface area contributed by atoms with Crippen LogP contribution in [0.1, 0.15) is 24.8 Å². The molecule has 0 aromatic heterocycles. The van der Waals surface area contributed by atoms with Crippen LogP contribution >= 0.6 is 15.9 Å². The van der Waals surface area contributed by atoms with E-state index < -0.39 is 12.1 Å². The van der Waals surface area contributed by atoms with Crippen LogP contribution in [-0.4, -0.2) is 6.18 Å². The summed E-state index contributed by atoms with van der Waals surface area (Å²) in [6, 6.07) is 6.27. The first-order valence-electron chi connectivity index (χ1n) is 4.27. The van der Waals surface area contributed by atoms with E-state index in [1.165, 1.54) is 12.1 Å². The molecule has 0 radical (unpaired) electrons. The van der Waals surface area contributed by atoms with E-state index in [4.69, 9.17) is 0 Å². The summed E-state index contributed by atoms with van der Waals surface area (Å²) in [7, 11) is 0. The summed E-state index contributed by atoms with van der Waals surface area (Å²) in [5.74, 6) is -1.35. The number of halogens is 4. The van der Waals surface area contributed by atoms with Crippen molar-refractivity contribution in [1.82, 2.24) is 0 Å². The van der Waals surface area contributed by atoms with Crippen molar-refractivity contribution in [3.8, 4) is 0 Å². The zero-order valence-electron chi connectivity index (χ0n) is 7.61. The third-order valence-corrected chi connectivity index (χ3v) is 2.60. The minimum absolute atomic E-state index is 0.0745. The van der Waals surface area contributed by atoms with Gasteiger partial charge in [-0.05, 0) is 24.1 Å². The summed E-state index contributed by atoms with van der Waals surface area (Å²) in [5.41, 5.74) is 0.322. The van der Waals surface area contributed by atoms with Crippen molar-refractivity contribution in [2.24, 2.45) is 0 Å². The fraction of sp³-hybridized carbons (Fsp3) is 0.400. The smallest absolute Gasteiger partial charge is 0.170 e. The third kappa shape index (κ3) is 2.74. The topological polar surface area (TPSA) is 0 Å². The van der Waals surface area contributed by atoms with Crippen LogP contribution in [-0.2, 0) is 0 Å². The molecule has 1 rings (SSSR count). The highest BCUT2D eigenvalue weighted by atomic mass is 79.9. The van der Waals surface area contributed by atoms with Crippen LogP contribution in [0.4, 0.5) is 13.2 Å².